The van der Waals surface area contributed by atoms with E-state index < -0.39 is 0 Å². The quantitative estimate of drug-likeness (QED) is 0.557. The molecule has 0 aromatic rings. The molecular weight excluding hydrogens is 160 g/mol. The van der Waals surface area contributed by atoms with Crippen LogP contribution in [0.2, 0.25) is 0 Å². The van der Waals surface area contributed by atoms with Crippen LogP contribution in [-0.2, 0) is 4.79 Å². The van der Waals surface area contributed by atoms with Gasteiger partial charge in [0.25, 0.3) is 0 Å². The summed E-state index contributed by atoms with van der Waals surface area (Å²) in [6.07, 6.45) is 8.81. The molecule has 0 heterocycles. The van der Waals surface area contributed by atoms with Crippen molar-refractivity contribution in [1.29, 1.82) is 0 Å². The third-order valence-electron chi connectivity index (χ3n) is 5.19. The SMILES string of the molecule is C[C@]12CCCC[C@]13C[C@@H]3C(=O)CC2. The fourth-order valence-corrected chi connectivity index (χ4v) is 4.12. The van der Waals surface area contributed by atoms with Gasteiger partial charge in [0.15, 0.2) is 0 Å². The van der Waals surface area contributed by atoms with E-state index in [9.17, 15) is 4.79 Å². The van der Waals surface area contributed by atoms with E-state index in [0.717, 1.165) is 6.42 Å². The van der Waals surface area contributed by atoms with Gasteiger partial charge in [0.2, 0.25) is 0 Å². The zero-order chi connectivity index (χ0) is 9.10. The second-order valence-corrected chi connectivity index (χ2v) is 5.65. The third kappa shape index (κ3) is 0.812. The van der Waals surface area contributed by atoms with Crippen LogP contribution in [0.4, 0.5) is 0 Å². The van der Waals surface area contributed by atoms with Gasteiger partial charge in [-0.1, -0.05) is 19.8 Å². The Balaban J connectivity index is 1.97. The summed E-state index contributed by atoms with van der Waals surface area (Å²) in [4.78, 5) is 11.6. The van der Waals surface area contributed by atoms with Gasteiger partial charge in [-0.25, -0.2) is 0 Å². The zero-order valence-corrected chi connectivity index (χ0v) is 8.44. The van der Waals surface area contributed by atoms with Crippen LogP contribution >= 0.6 is 0 Å². The molecule has 3 saturated carbocycles. The first kappa shape index (κ1) is 8.02. The van der Waals surface area contributed by atoms with Gasteiger partial charge >= 0.3 is 0 Å². The number of Topliss-reactive ketones (excluding diaryl/α,β-unsaturated/α-hetero) is 1. The lowest BCUT2D eigenvalue weighted by Gasteiger charge is -2.45. The Hall–Kier alpha value is -0.330. The first-order valence-electron chi connectivity index (χ1n) is 5.71. The van der Waals surface area contributed by atoms with Crippen LogP contribution in [0.5, 0.6) is 0 Å². The van der Waals surface area contributed by atoms with Crippen molar-refractivity contribution >= 4 is 5.78 Å². The molecule has 0 bridgehead atoms. The Morgan fingerprint density at radius 2 is 2.00 bits per heavy atom. The summed E-state index contributed by atoms with van der Waals surface area (Å²) >= 11 is 0. The maximum atomic E-state index is 11.6. The number of carbonyl (C=O) groups is 1. The summed E-state index contributed by atoms with van der Waals surface area (Å²) < 4.78 is 0. The molecule has 3 fully saturated rings. The van der Waals surface area contributed by atoms with Gasteiger partial charge < -0.3 is 0 Å². The molecule has 0 aromatic carbocycles. The summed E-state index contributed by atoms with van der Waals surface area (Å²) in [6.45, 7) is 2.44. The molecule has 0 N–H and O–H groups in total. The van der Waals surface area contributed by atoms with E-state index >= 15 is 0 Å². The number of ketones is 1. The topological polar surface area (TPSA) is 17.1 Å². The van der Waals surface area contributed by atoms with Crippen LogP contribution in [0.1, 0.15) is 51.9 Å². The third-order valence-corrected chi connectivity index (χ3v) is 5.19. The lowest BCUT2D eigenvalue weighted by Crippen LogP contribution is -2.39. The van der Waals surface area contributed by atoms with Gasteiger partial charge in [-0.05, 0) is 36.5 Å². The molecule has 13 heavy (non-hydrogen) atoms. The molecule has 3 aliphatic carbocycles. The number of rotatable bonds is 0. The minimum atomic E-state index is 0.492. The van der Waals surface area contributed by atoms with Crippen molar-refractivity contribution < 1.29 is 4.79 Å². The standard InChI is InChI=1S/C12H18O/c1-11-5-2-3-6-12(11)8-9(12)10(13)4-7-11/h9H,2-8H2,1H3/t9-,11-,12-/m1/s1. The highest BCUT2D eigenvalue weighted by atomic mass is 16.1. The van der Waals surface area contributed by atoms with Gasteiger partial charge in [0.1, 0.15) is 5.78 Å². The van der Waals surface area contributed by atoms with Crippen LogP contribution in [0.3, 0.4) is 0 Å². The summed E-state index contributed by atoms with van der Waals surface area (Å²) in [5, 5.41) is 0. The maximum absolute atomic E-state index is 11.6. The van der Waals surface area contributed by atoms with Crippen LogP contribution in [0.25, 0.3) is 0 Å². The molecule has 3 atom stereocenters. The van der Waals surface area contributed by atoms with Crippen LogP contribution < -0.4 is 0 Å². The Morgan fingerprint density at radius 1 is 1.23 bits per heavy atom. The summed E-state index contributed by atoms with van der Waals surface area (Å²) in [7, 11) is 0. The van der Waals surface area contributed by atoms with E-state index in [1.54, 1.807) is 0 Å². The highest BCUT2D eigenvalue weighted by molar-refractivity contribution is 5.86. The van der Waals surface area contributed by atoms with Crippen molar-refractivity contribution in [2.75, 3.05) is 0 Å². The molecule has 1 spiro atoms. The van der Waals surface area contributed by atoms with E-state index in [1.807, 2.05) is 0 Å². The fraction of sp³-hybridized carbons (Fsp3) is 0.917. The average Bonchev–Trinajstić information content (AvgIpc) is 2.84. The monoisotopic (exact) mass is 178 g/mol. The van der Waals surface area contributed by atoms with E-state index in [-0.39, 0.29) is 0 Å². The number of hydrogen-bond acceptors (Lipinski definition) is 1. The van der Waals surface area contributed by atoms with Crippen LogP contribution in [0.15, 0.2) is 0 Å². The molecule has 72 valence electrons. The van der Waals surface area contributed by atoms with Crippen molar-refractivity contribution in [3.63, 3.8) is 0 Å². The minimum Gasteiger partial charge on any atom is -0.299 e. The van der Waals surface area contributed by atoms with Crippen molar-refractivity contribution in [2.24, 2.45) is 16.7 Å². The normalized spacial score (nSPS) is 53.9. The smallest absolute Gasteiger partial charge is 0.136 e. The number of hydrogen-bond donors (Lipinski definition) is 0. The van der Waals surface area contributed by atoms with E-state index in [4.69, 9.17) is 0 Å². The molecule has 0 aliphatic heterocycles. The molecule has 1 nitrogen and oxygen atoms in total. The maximum Gasteiger partial charge on any atom is 0.136 e. The van der Waals surface area contributed by atoms with Crippen LogP contribution in [0, 0.1) is 16.7 Å². The second kappa shape index (κ2) is 2.18. The zero-order valence-electron chi connectivity index (χ0n) is 8.44. The lowest BCUT2D eigenvalue weighted by molar-refractivity contribution is -0.126. The van der Waals surface area contributed by atoms with Gasteiger partial charge in [0, 0.05) is 12.3 Å². The first-order valence-corrected chi connectivity index (χ1v) is 5.71. The largest absolute Gasteiger partial charge is 0.299 e. The van der Waals surface area contributed by atoms with E-state index in [0.29, 0.717) is 22.5 Å². The predicted octanol–water partition coefficient (Wildman–Crippen LogP) is 2.94. The second-order valence-electron chi connectivity index (χ2n) is 5.65. The molecule has 3 aliphatic rings. The Bertz CT molecular complexity index is 270. The van der Waals surface area contributed by atoms with Crippen molar-refractivity contribution in [3.05, 3.63) is 0 Å². The van der Waals surface area contributed by atoms with E-state index in [1.165, 1.54) is 38.5 Å². The van der Waals surface area contributed by atoms with Gasteiger partial charge in [-0.3, -0.25) is 4.79 Å². The summed E-state index contributed by atoms with van der Waals surface area (Å²) in [6, 6.07) is 0. The van der Waals surface area contributed by atoms with Gasteiger partial charge in [-0.2, -0.15) is 0 Å². The molecule has 3 rings (SSSR count). The summed E-state index contributed by atoms with van der Waals surface area (Å²) in [5.74, 6) is 1.07. The molecule has 0 radical (unpaired) electrons. The molecule has 1 heteroatoms. The van der Waals surface area contributed by atoms with Crippen molar-refractivity contribution in [1.82, 2.24) is 0 Å². The number of carbonyl (C=O) groups excluding carboxylic acids is 1. The minimum absolute atomic E-state index is 0.492. The summed E-state index contributed by atoms with van der Waals surface area (Å²) in [5.41, 5.74) is 1.05. The Morgan fingerprint density at radius 3 is 2.85 bits per heavy atom. The average molecular weight is 178 g/mol. The molecular formula is C12H18O. The predicted molar refractivity (Wildman–Crippen MR) is 51.4 cm³/mol. The Labute approximate surface area is 79.9 Å². The van der Waals surface area contributed by atoms with Gasteiger partial charge in [-0.15, -0.1) is 0 Å². The highest BCUT2D eigenvalue weighted by Crippen LogP contribution is 2.73. The lowest BCUT2D eigenvalue weighted by atomic mass is 9.59. The van der Waals surface area contributed by atoms with Gasteiger partial charge in [0.05, 0.1) is 0 Å². The van der Waals surface area contributed by atoms with Crippen LogP contribution in [-0.4, -0.2) is 5.78 Å². The fourth-order valence-electron chi connectivity index (χ4n) is 4.12. The first-order chi connectivity index (χ1) is 6.18. The van der Waals surface area contributed by atoms with Crippen molar-refractivity contribution in [2.45, 2.75) is 51.9 Å². The van der Waals surface area contributed by atoms with E-state index in [2.05, 4.69) is 6.92 Å². The molecule has 0 amide bonds. The highest BCUT2D eigenvalue weighted by Gasteiger charge is 2.68. The molecule has 0 saturated heterocycles. The molecule has 0 aromatic heterocycles. The molecule has 0 unspecified atom stereocenters. The van der Waals surface area contributed by atoms with Crippen molar-refractivity contribution in [3.8, 4) is 0 Å². The Kier molecular flexibility index (Phi) is 1.35.